The summed E-state index contributed by atoms with van der Waals surface area (Å²) < 4.78 is 0. The molecule has 4 aliphatic carbocycles. The first-order chi connectivity index (χ1) is 44.9. The Morgan fingerprint density at radius 3 is 1.47 bits per heavy atom. The van der Waals surface area contributed by atoms with Crippen molar-refractivity contribution < 1.29 is 0 Å². The molecule has 0 saturated heterocycles. The van der Waals surface area contributed by atoms with Crippen LogP contribution in [0.4, 0.5) is 34.1 Å². The normalized spacial score (nSPS) is 18.0. The fourth-order valence-corrected chi connectivity index (χ4v) is 16.4. The third-order valence-corrected chi connectivity index (χ3v) is 20.6. The van der Waals surface area contributed by atoms with Gasteiger partial charge >= 0.3 is 0 Å². The number of anilines is 6. The average Bonchev–Trinajstić information content (AvgIpc) is 1.58. The monoisotopic (exact) mass is 1170 g/mol. The molecule has 0 aromatic heterocycles. The van der Waals surface area contributed by atoms with E-state index in [4.69, 9.17) is 0 Å². The molecular formula is C89H72N2. The van der Waals surface area contributed by atoms with Crippen LogP contribution in [0.15, 0.2) is 327 Å². The number of hydrogen-bond acceptors (Lipinski definition) is 2. The summed E-state index contributed by atoms with van der Waals surface area (Å²) in [6.45, 7) is 10.6. The van der Waals surface area contributed by atoms with Crippen LogP contribution >= 0.6 is 0 Å². The SMILES string of the molecule is C=Cc1ccc(CC2(c3ccccc3)c3ccccc3-c3ccc(N(c4ccccc4)c4ccc(-c5ccc(N(c6ccccc6)c6ccc7c(c6)C(CC6=CCC(C=C)CC6)(c6ccccc6)C6=C7C(C)=CCC6)c6ccccc56)c5ccccc45)cc32)cc1. The fourth-order valence-electron chi connectivity index (χ4n) is 16.4. The van der Waals surface area contributed by atoms with Crippen molar-refractivity contribution in [1.29, 1.82) is 0 Å². The fraction of sp³-hybridized carbons (Fsp3) is 0.124. The zero-order chi connectivity index (χ0) is 61.0. The molecule has 2 heteroatoms. The lowest BCUT2D eigenvalue weighted by molar-refractivity contribution is 0.514. The van der Waals surface area contributed by atoms with Gasteiger partial charge in [0.15, 0.2) is 0 Å². The van der Waals surface area contributed by atoms with E-state index in [2.05, 4.69) is 327 Å². The van der Waals surface area contributed by atoms with Crippen molar-refractivity contribution in [1.82, 2.24) is 0 Å². The molecule has 4 aliphatic rings. The summed E-state index contributed by atoms with van der Waals surface area (Å²) in [4.78, 5) is 5.01. The Kier molecular flexibility index (Phi) is 14.2. The molecule has 12 aromatic rings. The number of hydrogen-bond donors (Lipinski definition) is 0. The van der Waals surface area contributed by atoms with E-state index in [1.54, 1.807) is 11.1 Å². The van der Waals surface area contributed by atoms with Crippen molar-refractivity contribution in [2.45, 2.75) is 62.7 Å². The second kappa shape index (κ2) is 23.1. The van der Waals surface area contributed by atoms with Crippen molar-refractivity contribution >= 4 is 67.3 Å². The number of fused-ring (bicyclic) bond motifs is 7. The predicted molar refractivity (Wildman–Crippen MR) is 386 cm³/mol. The molecule has 16 rings (SSSR count). The molecule has 91 heavy (non-hydrogen) atoms. The van der Waals surface area contributed by atoms with Crippen LogP contribution < -0.4 is 9.80 Å². The van der Waals surface area contributed by atoms with Crippen LogP contribution in [0.2, 0.25) is 0 Å². The molecule has 0 amide bonds. The van der Waals surface area contributed by atoms with Gasteiger partial charge in [-0.1, -0.05) is 255 Å². The van der Waals surface area contributed by atoms with Gasteiger partial charge in [-0.3, -0.25) is 0 Å². The quantitative estimate of drug-likeness (QED) is 0.0944. The van der Waals surface area contributed by atoms with Crippen molar-refractivity contribution in [2.24, 2.45) is 5.92 Å². The number of benzene rings is 12. The molecule has 0 fully saturated rings. The van der Waals surface area contributed by atoms with Gasteiger partial charge < -0.3 is 9.80 Å². The van der Waals surface area contributed by atoms with E-state index in [9.17, 15) is 0 Å². The lowest BCUT2D eigenvalue weighted by atomic mass is 9.65. The van der Waals surface area contributed by atoms with Gasteiger partial charge in [0, 0.05) is 38.9 Å². The van der Waals surface area contributed by atoms with Gasteiger partial charge in [-0.05, 0) is 213 Å². The van der Waals surface area contributed by atoms with Gasteiger partial charge in [-0.2, -0.15) is 0 Å². The van der Waals surface area contributed by atoms with E-state index >= 15 is 0 Å². The molecule has 0 radical (unpaired) electrons. The van der Waals surface area contributed by atoms with Crippen LogP contribution in [0, 0.1) is 5.92 Å². The van der Waals surface area contributed by atoms with Gasteiger partial charge in [-0.25, -0.2) is 0 Å². The highest BCUT2D eigenvalue weighted by Gasteiger charge is 2.48. The van der Waals surface area contributed by atoms with Crippen LogP contribution in [0.25, 0.3) is 55.4 Å². The smallest absolute Gasteiger partial charge is 0.0540 e. The van der Waals surface area contributed by atoms with Gasteiger partial charge in [0.05, 0.1) is 16.8 Å². The minimum absolute atomic E-state index is 0.306. The predicted octanol–water partition coefficient (Wildman–Crippen LogP) is 23.9. The maximum absolute atomic E-state index is 4.20. The third kappa shape index (κ3) is 9.30. The van der Waals surface area contributed by atoms with Crippen LogP contribution in [0.5, 0.6) is 0 Å². The summed E-state index contributed by atoms with van der Waals surface area (Å²) in [5.41, 5.74) is 27.4. The molecule has 2 nitrogen and oxygen atoms in total. The highest BCUT2D eigenvalue weighted by Crippen LogP contribution is 2.61. The van der Waals surface area contributed by atoms with Crippen LogP contribution in [0.3, 0.4) is 0 Å². The van der Waals surface area contributed by atoms with Gasteiger partial charge in [0.1, 0.15) is 0 Å². The number of rotatable bonds is 15. The Bertz CT molecular complexity index is 4900. The molecule has 3 atom stereocenters. The Balaban J connectivity index is 0.844. The number of para-hydroxylation sites is 2. The van der Waals surface area contributed by atoms with Crippen LogP contribution in [-0.4, -0.2) is 0 Å². The minimum atomic E-state index is -0.458. The third-order valence-electron chi connectivity index (χ3n) is 20.6. The van der Waals surface area contributed by atoms with Gasteiger partial charge in [0.25, 0.3) is 0 Å². The van der Waals surface area contributed by atoms with E-state index in [1.807, 2.05) is 6.08 Å². The molecule has 438 valence electrons. The van der Waals surface area contributed by atoms with Crippen molar-refractivity contribution in [3.8, 4) is 22.3 Å². The first-order valence-corrected chi connectivity index (χ1v) is 32.6. The van der Waals surface area contributed by atoms with Crippen molar-refractivity contribution in [3.05, 3.63) is 372 Å². The molecule has 0 N–H and O–H groups in total. The lowest BCUT2D eigenvalue weighted by Crippen LogP contribution is -2.30. The van der Waals surface area contributed by atoms with E-state index in [0.717, 1.165) is 84.6 Å². The Morgan fingerprint density at radius 2 is 0.912 bits per heavy atom. The molecule has 0 bridgehead atoms. The van der Waals surface area contributed by atoms with E-state index in [1.165, 1.54) is 93.9 Å². The average molecular weight is 1170 g/mol. The Hall–Kier alpha value is -10.5. The molecule has 0 heterocycles. The zero-order valence-electron chi connectivity index (χ0n) is 51.7. The number of nitrogens with zero attached hydrogens (tertiary/aromatic N) is 2. The molecule has 0 saturated carbocycles. The molecule has 3 unspecified atom stereocenters. The second-order valence-corrected chi connectivity index (χ2v) is 25.5. The molecule has 12 aromatic carbocycles. The highest BCUT2D eigenvalue weighted by atomic mass is 15.1. The summed E-state index contributed by atoms with van der Waals surface area (Å²) >= 11 is 0. The summed E-state index contributed by atoms with van der Waals surface area (Å²) in [5, 5.41) is 4.76. The maximum atomic E-state index is 4.20. The van der Waals surface area contributed by atoms with E-state index < -0.39 is 5.41 Å². The van der Waals surface area contributed by atoms with Crippen LogP contribution in [0.1, 0.15) is 90.0 Å². The minimum Gasteiger partial charge on any atom is -0.310 e. The summed E-state index contributed by atoms with van der Waals surface area (Å²) in [6, 6.07) is 105. The largest absolute Gasteiger partial charge is 0.310 e. The topological polar surface area (TPSA) is 6.48 Å². The maximum Gasteiger partial charge on any atom is 0.0540 e. The lowest BCUT2D eigenvalue weighted by Gasteiger charge is -2.38. The summed E-state index contributed by atoms with van der Waals surface area (Å²) in [6.07, 6.45) is 16.3. The summed E-state index contributed by atoms with van der Waals surface area (Å²) in [7, 11) is 0. The molecule has 0 spiro atoms. The van der Waals surface area contributed by atoms with Gasteiger partial charge in [-0.15, -0.1) is 6.58 Å². The first kappa shape index (κ1) is 55.7. The van der Waals surface area contributed by atoms with E-state index in [0.29, 0.717) is 5.92 Å². The van der Waals surface area contributed by atoms with Crippen molar-refractivity contribution in [3.63, 3.8) is 0 Å². The van der Waals surface area contributed by atoms with E-state index in [-0.39, 0.29) is 5.41 Å². The zero-order valence-corrected chi connectivity index (χ0v) is 51.7. The second-order valence-electron chi connectivity index (χ2n) is 25.5. The number of allylic oxidation sites excluding steroid dienone is 7. The summed E-state index contributed by atoms with van der Waals surface area (Å²) in [5.74, 6) is 0.540. The first-order valence-electron chi connectivity index (χ1n) is 32.6. The van der Waals surface area contributed by atoms with Gasteiger partial charge in [0.2, 0.25) is 0 Å². The van der Waals surface area contributed by atoms with Crippen LogP contribution in [-0.2, 0) is 17.3 Å². The standard InChI is InChI=1S/C89H72N2/c1-4-62-41-45-64(46-42-62)59-88(66-26-10-6-11-27-66)81-39-23-22-36-76(81)77-51-49-70(57-83(77)88)90(68-30-14-8-15-31-68)85-55-53-74(72-34-18-20-37-78(72)85)75-54-56-86(79-38-21-19-35-73(75)79)91(69-32-16-9-17-33-69)71-50-52-80-84(58-71)89(67-28-12-7-13-29-67,82-40-24-25-61(3)87(80)82)60-65-47-43-63(5-2)44-48-65/h4-23,25-39,41-42,45-47,49-58,63H,1-2,24,40,43-44,48,59-60H2,3H3. The highest BCUT2D eigenvalue weighted by molar-refractivity contribution is 6.13. The molecular weight excluding hydrogens is 1100 g/mol. The Labute approximate surface area is 536 Å². The Morgan fingerprint density at radius 1 is 0.418 bits per heavy atom. The molecule has 0 aliphatic heterocycles. The van der Waals surface area contributed by atoms with Crippen molar-refractivity contribution in [2.75, 3.05) is 9.80 Å².